The van der Waals surface area contributed by atoms with Crippen LogP contribution in [-0.4, -0.2) is 42.4 Å². The van der Waals surface area contributed by atoms with E-state index in [9.17, 15) is 4.79 Å². The molecule has 4 aromatic rings. The number of hydrogen-bond donors (Lipinski definition) is 2. The Balaban J connectivity index is 1.52. The maximum absolute atomic E-state index is 13.5. The summed E-state index contributed by atoms with van der Waals surface area (Å²) in [5.41, 5.74) is 9.12. The number of H-pyrrole nitrogens is 1. The number of piperidine rings is 1. The Kier molecular flexibility index (Phi) is 4.01. The third kappa shape index (κ3) is 2.68. The second kappa shape index (κ2) is 6.58. The monoisotopic (exact) mass is 437 g/mol. The number of nitrogens with two attached hydrogens (primary N) is 1. The first-order valence-corrected chi connectivity index (χ1v) is 11.0. The van der Waals surface area contributed by atoms with E-state index >= 15 is 0 Å². The van der Waals surface area contributed by atoms with Crippen LogP contribution in [0.1, 0.15) is 25.7 Å². The van der Waals surface area contributed by atoms with Gasteiger partial charge in [-0.05, 0) is 31.7 Å². The Hall–Kier alpha value is -2.84. The van der Waals surface area contributed by atoms with Gasteiger partial charge >= 0.3 is 0 Å². The summed E-state index contributed by atoms with van der Waals surface area (Å²) in [6.07, 6.45) is 7.81. The van der Waals surface area contributed by atoms with Crippen molar-refractivity contribution in [2.45, 2.75) is 43.8 Å². The van der Waals surface area contributed by atoms with Crippen molar-refractivity contribution < 1.29 is 0 Å². The summed E-state index contributed by atoms with van der Waals surface area (Å²) in [6, 6.07) is 4.77. The van der Waals surface area contributed by atoms with E-state index in [4.69, 9.17) is 22.3 Å². The van der Waals surface area contributed by atoms with Crippen LogP contribution in [-0.2, 0) is 14.1 Å². The fraction of sp³-hybridized carbons (Fsp3) is 0.409. The first-order valence-electron chi connectivity index (χ1n) is 10.7. The summed E-state index contributed by atoms with van der Waals surface area (Å²) < 4.78 is 3.42. The topological polar surface area (TPSA) is 97.8 Å². The molecule has 1 aromatic carbocycles. The largest absolute Gasteiger partial charge is 0.345 e. The van der Waals surface area contributed by atoms with Gasteiger partial charge in [0.2, 0.25) is 5.95 Å². The summed E-state index contributed by atoms with van der Waals surface area (Å²) in [6.45, 7) is 0. The smallest absolute Gasteiger partial charge is 0.264 e. The van der Waals surface area contributed by atoms with Gasteiger partial charge in [-0.2, -0.15) is 10.1 Å². The molecule has 160 valence electrons. The number of aromatic nitrogens is 5. The highest BCUT2D eigenvalue weighted by Gasteiger charge is 2.41. The van der Waals surface area contributed by atoms with Crippen LogP contribution in [0.25, 0.3) is 33.1 Å². The van der Waals surface area contributed by atoms with Crippen LogP contribution in [0.2, 0.25) is 5.02 Å². The number of nitrogens with one attached hydrogen (secondary N) is 1. The molecule has 8 nitrogen and oxygen atoms in total. The standard InChI is InChI=1S/C22H24ClN7O/c1-28-10-16-17(27-28)6-5-14(19(16)23)15-9-25-20-18(15)21(31)29(2)22(26-20)30-12-3-4-13(30)8-11(24)7-12/h5-6,9-13,25H,3-4,7-8,24H2,1-2H3/t11-,12+,13-. The van der Waals surface area contributed by atoms with Gasteiger partial charge in [0, 0.05) is 61.1 Å². The first-order chi connectivity index (χ1) is 14.9. The van der Waals surface area contributed by atoms with Gasteiger partial charge in [-0.1, -0.05) is 17.7 Å². The molecule has 3 atom stereocenters. The zero-order valence-electron chi connectivity index (χ0n) is 17.5. The van der Waals surface area contributed by atoms with Crippen LogP contribution in [0.4, 0.5) is 5.95 Å². The zero-order valence-corrected chi connectivity index (χ0v) is 18.2. The number of anilines is 1. The van der Waals surface area contributed by atoms with Crippen LogP contribution in [0.5, 0.6) is 0 Å². The van der Waals surface area contributed by atoms with E-state index in [1.807, 2.05) is 31.6 Å². The van der Waals surface area contributed by atoms with E-state index in [-0.39, 0.29) is 11.6 Å². The van der Waals surface area contributed by atoms with Crippen LogP contribution >= 0.6 is 11.6 Å². The number of benzene rings is 1. The average Bonchev–Trinajstić information content (AvgIpc) is 3.39. The highest BCUT2D eigenvalue weighted by molar-refractivity contribution is 6.38. The van der Waals surface area contributed by atoms with Gasteiger partial charge in [-0.25, -0.2) is 0 Å². The highest BCUT2D eigenvalue weighted by Crippen LogP contribution is 2.39. The summed E-state index contributed by atoms with van der Waals surface area (Å²) in [5.74, 6) is 0.721. The third-order valence-corrected chi connectivity index (χ3v) is 7.33. The van der Waals surface area contributed by atoms with Crippen molar-refractivity contribution in [2.75, 3.05) is 4.90 Å². The van der Waals surface area contributed by atoms with Gasteiger partial charge in [0.25, 0.3) is 5.56 Å². The second-order valence-corrected chi connectivity index (χ2v) is 9.27. The lowest BCUT2D eigenvalue weighted by atomic mass is 9.98. The molecule has 0 aliphatic carbocycles. The minimum Gasteiger partial charge on any atom is -0.345 e. The molecule has 0 spiro atoms. The van der Waals surface area contributed by atoms with Gasteiger partial charge in [-0.3, -0.25) is 14.0 Å². The third-order valence-electron chi connectivity index (χ3n) is 6.92. The number of hydrogen-bond acceptors (Lipinski definition) is 5. The predicted octanol–water partition coefficient (Wildman–Crippen LogP) is 2.93. The van der Waals surface area contributed by atoms with Crippen molar-refractivity contribution in [3.63, 3.8) is 0 Å². The Morgan fingerprint density at radius 2 is 1.90 bits per heavy atom. The van der Waals surface area contributed by atoms with E-state index in [2.05, 4.69) is 15.0 Å². The van der Waals surface area contributed by atoms with Crippen LogP contribution < -0.4 is 16.2 Å². The van der Waals surface area contributed by atoms with E-state index in [0.29, 0.717) is 28.1 Å². The number of halogens is 1. The molecule has 9 heteroatoms. The normalized spacial score (nSPS) is 23.4. The minimum absolute atomic E-state index is 0.0760. The van der Waals surface area contributed by atoms with Crippen molar-refractivity contribution in [2.24, 2.45) is 19.8 Å². The maximum atomic E-state index is 13.5. The lowest BCUT2D eigenvalue weighted by Gasteiger charge is -2.38. The van der Waals surface area contributed by atoms with E-state index in [1.165, 1.54) is 0 Å². The molecule has 0 radical (unpaired) electrons. The molecule has 31 heavy (non-hydrogen) atoms. The Morgan fingerprint density at radius 3 is 2.65 bits per heavy atom. The molecular weight excluding hydrogens is 414 g/mol. The molecule has 2 aliphatic rings. The molecule has 0 unspecified atom stereocenters. The number of nitrogens with zero attached hydrogens (tertiary/aromatic N) is 5. The summed E-state index contributed by atoms with van der Waals surface area (Å²) in [7, 11) is 3.67. The average molecular weight is 438 g/mol. The molecule has 2 fully saturated rings. The van der Waals surface area contributed by atoms with Crippen molar-refractivity contribution in [3.8, 4) is 11.1 Å². The Morgan fingerprint density at radius 1 is 1.16 bits per heavy atom. The molecule has 3 aromatic heterocycles. The van der Waals surface area contributed by atoms with Crippen LogP contribution in [0, 0.1) is 0 Å². The first kappa shape index (κ1) is 18.9. The highest BCUT2D eigenvalue weighted by atomic mass is 35.5. The summed E-state index contributed by atoms with van der Waals surface area (Å²) >= 11 is 6.74. The molecule has 3 N–H and O–H groups in total. The fourth-order valence-corrected chi connectivity index (χ4v) is 5.84. The fourth-order valence-electron chi connectivity index (χ4n) is 5.53. The number of fused-ring (bicyclic) bond motifs is 4. The van der Waals surface area contributed by atoms with E-state index < -0.39 is 0 Å². The molecule has 6 rings (SSSR count). The molecular formula is C22H24ClN7O. The molecule has 0 saturated carbocycles. The molecule has 2 bridgehead atoms. The second-order valence-electron chi connectivity index (χ2n) is 8.89. The molecule has 2 saturated heterocycles. The van der Waals surface area contributed by atoms with Gasteiger partial charge in [-0.15, -0.1) is 0 Å². The summed E-state index contributed by atoms with van der Waals surface area (Å²) in [4.78, 5) is 24.0. The van der Waals surface area contributed by atoms with Gasteiger partial charge < -0.3 is 15.6 Å². The number of rotatable bonds is 2. The SMILES string of the molecule is Cn1cc2c(Cl)c(-c3c[nH]c4nc(N5[C@@H]6CC[C@H]5C[C@@H](N)C6)n(C)c(=O)c34)ccc2n1. The molecule has 0 amide bonds. The lowest BCUT2D eigenvalue weighted by molar-refractivity contribution is 0.405. The summed E-state index contributed by atoms with van der Waals surface area (Å²) in [5, 5.41) is 6.41. The van der Waals surface area contributed by atoms with Crippen LogP contribution in [0.3, 0.4) is 0 Å². The molecule has 2 aliphatic heterocycles. The van der Waals surface area contributed by atoms with Gasteiger partial charge in [0.05, 0.1) is 15.9 Å². The predicted molar refractivity (Wildman–Crippen MR) is 123 cm³/mol. The number of aryl methyl sites for hydroxylation is 1. The van der Waals surface area contributed by atoms with Gasteiger partial charge in [0.1, 0.15) is 5.65 Å². The van der Waals surface area contributed by atoms with Crippen molar-refractivity contribution in [1.29, 1.82) is 0 Å². The van der Waals surface area contributed by atoms with Gasteiger partial charge in [0.15, 0.2) is 0 Å². The Labute approximate surface area is 183 Å². The van der Waals surface area contributed by atoms with Crippen molar-refractivity contribution >= 4 is 39.5 Å². The quantitative estimate of drug-likeness (QED) is 0.502. The zero-order chi connectivity index (χ0) is 21.4. The minimum atomic E-state index is -0.0760. The van der Waals surface area contributed by atoms with Crippen molar-refractivity contribution in [3.05, 3.63) is 39.9 Å². The maximum Gasteiger partial charge on any atom is 0.264 e. The van der Waals surface area contributed by atoms with Crippen molar-refractivity contribution in [1.82, 2.24) is 24.3 Å². The number of aromatic amines is 1. The van der Waals surface area contributed by atoms with E-state index in [0.717, 1.165) is 53.7 Å². The van der Waals surface area contributed by atoms with Crippen LogP contribution in [0.15, 0.2) is 29.3 Å². The molecule has 5 heterocycles. The lowest BCUT2D eigenvalue weighted by Crippen LogP contribution is -2.49. The van der Waals surface area contributed by atoms with E-state index in [1.54, 1.807) is 16.3 Å². The Bertz CT molecular complexity index is 1390.